The fourth-order valence-corrected chi connectivity index (χ4v) is 2.88. The third kappa shape index (κ3) is 1.77. The predicted octanol–water partition coefficient (Wildman–Crippen LogP) is 2.46. The van der Waals surface area contributed by atoms with Crippen molar-refractivity contribution in [2.24, 2.45) is 0 Å². The molecular formula is C16H14N4O2. The van der Waals surface area contributed by atoms with Crippen LogP contribution in [0.25, 0.3) is 22.6 Å². The fourth-order valence-electron chi connectivity index (χ4n) is 2.88. The first-order valence-corrected chi connectivity index (χ1v) is 6.90. The lowest BCUT2D eigenvalue weighted by Gasteiger charge is -2.09. The minimum absolute atomic E-state index is 0.707. The van der Waals surface area contributed by atoms with Crippen LogP contribution in [0.2, 0.25) is 0 Å². The third-order valence-electron chi connectivity index (χ3n) is 3.92. The summed E-state index contributed by atoms with van der Waals surface area (Å²) < 4.78 is 10.8. The Balaban J connectivity index is 1.85. The Labute approximate surface area is 127 Å². The van der Waals surface area contributed by atoms with Crippen LogP contribution in [0.1, 0.15) is 11.1 Å². The first kappa shape index (κ1) is 12.8. The maximum absolute atomic E-state index is 5.38. The number of hydrogen-bond donors (Lipinski definition) is 1. The van der Waals surface area contributed by atoms with Gasteiger partial charge in [-0.15, -0.1) is 0 Å². The number of nitrogens with one attached hydrogen (secondary N) is 1. The van der Waals surface area contributed by atoms with Crippen molar-refractivity contribution in [2.45, 2.75) is 6.42 Å². The Morgan fingerprint density at radius 1 is 1.09 bits per heavy atom. The van der Waals surface area contributed by atoms with Crippen LogP contribution < -0.4 is 9.47 Å². The number of aromatic nitrogens is 4. The smallest absolute Gasteiger partial charge is 0.161 e. The van der Waals surface area contributed by atoms with Gasteiger partial charge in [-0.3, -0.25) is 15.1 Å². The summed E-state index contributed by atoms with van der Waals surface area (Å²) in [4.78, 5) is 8.47. The van der Waals surface area contributed by atoms with Gasteiger partial charge in [0.2, 0.25) is 0 Å². The van der Waals surface area contributed by atoms with Crippen LogP contribution in [0, 0.1) is 0 Å². The normalized spacial score (nSPS) is 11.9. The van der Waals surface area contributed by atoms with Crippen LogP contribution in [0.5, 0.6) is 11.5 Å². The predicted molar refractivity (Wildman–Crippen MR) is 81.0 cm³/mol. The summed E-state index contributed by atoms with van der Waals surface area (Å²) in [6, 6.07) is 3.98. The summed E-state index contributed by atoms with van der Waals surface area (Å²) in [6.45, 7) is 0. The molecule has 22 heavy (non-hydrogen) atoms. The maximum Gasteiger partial charge on any atom is 0.161 e. The van der Waals surface area contributed by atoms with Gasteiger partial charge in [0.05, 0.1) is 31.8 Å². The lowest BCUT2D eigenvalue weighted by molar-refractivity contribution is 0.355. The molecule has 0 spiro atoms. The van der Waals surface area contributed by atoms with Gasteiger partial charge in [-0.1, -0.05) is 0 Å². The number of hydrogen-bond acceptors (Lipinski definition) is 5. The molecule has 0 radical (unpaired) electrons. The summed E-state index contributed by atoms with van der Waals surface area (Å²) in [5, 5.41) is 7.53. The molecule has 1 aromatic carbocycles. The summed E-state index contributed by atoms with van der Waals surface area (Å²) in [5.74, 6) is 1.44. The van der Waals surface area contributed by atoms with Crippen molar-refractivity contribution in [3.63, 3.8) is 0 Å². The Morgan fingerprint density at radius 2 is 1.91 bits per heavy atom. The van der Waals surface area contributed by atoms with Crippen LogP contribution >= 0.6 is 0 Å². The summed E-state index contributed by atoms with van der Waals surface area (Å²) in [6.07, 6.45) is 5.85. The van der Waals surface area contributed by atoms with Gasteiger partial charge in [-0.05, 0) is 17.7 Å². The fraction of sp³-hybridized carbons (Fsp3) is 0.188. The highest BCUT2D eigenvalue weighted by Crippen LogP contribution is 2.44. The van der Waals surface area contributed by atoms with E-state index >= 15 is 0 Å². The SMILES string of the molecule is COc1cc2c(cc1OC)-c1n[nH]c(-c3cnccn3)c1C2. The van der Waals surface area contributed by atoms with E-state index in [9.17, 15) is 0 Å². The number of aromatic amines is 1. The number of nitrogens with zero attached hydrogens (tertiary/aromatic N) is 3. The monoisotopic (exact) mass is 294 g/mol. The van der Waals surface area contributed by atoms with Crippen LogP contribution in [0.4, 0.5) is 0 Å². The Morgan fingerprint density at radius 3 is 2.64 bits per heavy atom. The molecule has 2 heterocycles. The molecule has 0 atom stereocenters. The number of fused-ring (bicyclic) bond motifs is 3. The Hall–Kier alpha value is -2.89. The molecule has 3 aromatic rings. The minimum Gasteiger partial charge on any atom is -0.493 e. The van der Waals surface area contributed by atoms with E-state index in [4.69, 9.17) is 9.47 Å². The van der Waals surface area contributed by atoms with E-state index in [0.29, 0.717) is 5.75 Å². The lowest BCUT2D eigenvalue weighted by atomic mass is 10.1. The second-order valence-electron chi connectivity index (χ2n) is 5.06. The van der Waals surface area contributed by atoms with Gasteiger partial charge in [0, 0.05) is 29.9 Å². The average Bonchev–Trinajstić information content (AvgIpc) is 3.13. The molecule has 0 aliphatic heterocycles. The van der Waals surface area contributed by atoms with Gasteiger partial charge in [-0.25, -0.2) is 0 Å². The van der Waals surface area contributed by atoms with Gasteiger partial charge < -0.3 is 9.47 Å². The van der Waals surface area contributed by atoms with Crippen LogP contribution in [0.15, 0.2) is 30.7 Å². The van der Waals surface area contributed by atoms with E-state index in [2.05, 4.69) is 20.2 Å². The molecule has 1 aliphatic rings. The molecule has 6 nitrogen and oxygen atoms in total. The zero-order valence-electron chi connectivity index (χ0n) is 12.3. The highest BCUT2D eigenvalue weighted by atomic mass is 16.5. The van der Waals surface area contributed by atoms with Gasteiger partial charge in [0.25, 0.3) is 0 Å². The molecule has 0 saturated carbocycles. The molecule has 110 valence electrons. The average molecular weight is 294 g/mol. The topological polar surface area (TPSA) is 72.9 Å². The summed E-state index contributed by atoms with van der Waals surface area (Å²) in [7, 11) is 3.28. The van der Waals surface area contributed by atoms with Crippen LogP contribution in [0.3, 0.4) is 0 Å². The molecule has 4 rings (SSSR count). The van der Waals surface area contributed by atoms with E-state index < -0.39 is 0 Å². The first-order chi connectivity index (χ1) is 10.8. The number of ether oxygens (including phenoxy) is 2. The molecule has 6 heteroatoms. The number of H-pyrrole nitrogens is 1. The molecule has 1 aliphatic carbocycles. The van der Waals surface area contributed by atoms with Gasteiger partial charge in [-0.2, -0.15) is 5.10 Å². The van der Waals surface area contributed by atoms with E-state index in [-0.39, 0.29) is 0 Å². The standard InChI is InChI=1S/C16H14N4O2/c1-21-13-6-9-5-11-15(10(9)7-14(13)22-2)19-20-16(11)12-8-17-3-4-18-12/h3-4,6-8H,5H2,1-2H3,(H,19,20). The van der Waals surface area contributed by atoms with Crippen molar-refractivity contribution >= 4 is 0 Å². The summed E-state index contributed by atoms with van der Waals surface area (Å²) >= 11 is 0. The largest absolute Gasteiger partial charge is 0.493 e. The molecular weight excluding hydrogens is 280 g/mol. The van der Waals surface area contributed by atoms with E-state index in [0.717, 1.165) is 40.4 Å². The van der Waals surface area contributed by atoms with Crippen molar-refractivity contribution < 1.29 is 9.47 Å². The Bertz CT molecular complexity index is 843. The molecule has 2 aromatic heterocycles. The van der Waals surface area contributed by atoms with Crippen LogP contribution in [-0.2, 0) is 6.42 Å². The molecule has 1 N–H and O–H groups in total. The van der Waals surface area contributed by atoms with Gasteiger partial charge in [0.1, 0.15) is 5.69 Å². The van der Waals surface area contributed by atoms with Crippen molar-refractivity contribution in [2.75, 3.05) is 14.2 Å². The zero-order chi connectivity index (χ0) is 15.1. The molecule has 0 bridgehead atoms. The highest BCUT2D eigenvalue weighted by Gasteiger charge is 2.27. The second kappa shape index (κ2) is 4.84. The van der Waals surface area contributed by atoms with Crippen molar-refractivity contribution in [3.8, 4) is 34.1 Å². The van der Waals surface area contributed by atoms with Crippen molar-refractivity contribution in [3.05, 3.63) is 41.9 Å². The van der Waals surface area contributed by atoms with E-state index in [1.165, 1.54) is 5.56 Å². The first-order valence-electron chi connectivity index (χ1n) is 6.90. The lowest BCUT2D eigenvalue weighted by Crippen LogP contribution is -1.94. The number of benzene rings is 1. The zero-order valence-corrected chi connectivity index (χ0v) is 12.3. The second-order valence-corrected chi connectivity index (χ2v) is 5.06. The molecule has 0 fully saturated rings. The highest BCUT2D eigenvalue weighted by molar-refractivity contribution is 5.81. The number of methoxy groups -OCH3 is 2. The Kier molecular flexibility index (Phi) is 2.82. The maximum atomic E-state index is 5.38. The van der Waals surface area contributed by atoms with Crippen molar-refractivity contribution in [1.82, 2.24) is 20.2 Å². The molecule has 0 unspecified atom stereocenters. The van der Waals surface area contributed by atoms with Gasteiger partial charge in [0.15, 0.2) is 11.5 Å². The number of rotatable bonds is 3. The third-order valence-corrected chi connectivity index (χ3v) is 3.92. The van der Waals surface area contributed by atoms with Crippen LogP contribution in [-0.4, -0.2) is 34.4 Å². The quantitative estimate of drug-likeness (QED) is 0.628. The van der Waals surface area contributed by atoms with Gasteiger partial charge >= 0.3 is 0 Å². The van der Waals surface area contributed by atoms with Crippen molar-refractivity contribution in [1.29, 1.82) is 0 Å². The summed E-state index contributed by atoms with van der Waals surface area (Å²) in [5.41, 5.74) is 6.02. The molecule has 0 saturated heterocycles. The van der Waals surface area contributed by atoms with E-state index in [1.807, 2.05) is 12.1 Å². The molecule has 0 amide bonds. The van der Waals surface area contributed by atoms with E-state index in [1.54, 1.807) is 32.8 Å². The minimum atomic E-state index is 0.707.